The van der Waals surface area contributed by atoms with Crippen molar-refractivity contribution in [1.29, 1.82) is 0 Å². The predicted octanol–water partition coefficient (Wildman–Crippen LogP) is 2.90. The number of carboxylic acids is 1. The Bertz CT molecular complexity index is 1490. The number of aromatic nitrogens is 1. The summed E-state index contributed by atoms with van der Waals surface area (Å²) in [5, 5.41) is 20.7. The Morgan fingerprint density at radius 2 is 1.91 bits per heavy atom. The summed E-state index contributed by atoms with van der Waals surface area (Å²) < 4.78 is 55.0. The fourth-order valence-corrected chi connectivity index (χ4v) is 4.48. The molecule has 2 aromatic carbocycles. The molecule has 0 bridgehead atoms. The lowest BCUT2D eigenvalue weighted by molar-refractivity contribution is -0.139. The summed E-state index contributed by atoms with van der Waals surface area (Å²) in [6.07, 6.45) is -2.01. The summed E-state index contributed by atoms with van der Waals surface area (Å²) in [5.74, 6) is -3.10. The van der Waals surface area contributed by atoms with Gasteiger partial charge in [-0.15, -0.1) is 0 Å². The van der Waals surface area contributed by atoms with E-state index >= 15 is 0 Å². The second-order valence-electron chi connectivity index (χ2n) is 7.17. The van der Waals surface area contributed by atoms with Gasteiger partial charge in [-0.3, -0.25) is 19.1 Å². The van der Waals surface area contributed by atoms with E-state index < -0.39 is 47.2 Å². The lowest BCUT2D eigenvalue weighted by Gasteiger charge is -2.15. The summed E-state index contributed by atoms with van der Waals surface area (Å²) in [7, 11) is 0. The Balaban J connectivity index is 1.98. The van der Waals surface area contributed by atoms with Gasteiger partial charge in [-0.05, 0) is 46.7 Å². The standard InChI is InChI=1S/C22H14F4N2O4S/c23-14-3-1-12(16(9-14)22(24,25)26)8-15(11-2-4-17-13(7-11)5-6-27-17)19-20(31)28(10-18(29)30)21(32)33-19/h1-7,9,31H,8,10H2,(H,29,30). The number of benzene rings is 2. The highest BCUT2D eigenvalue weighted by atomic mass is 32.1. The maximum Gasteiger partial charge on any atom is 0.416 e. The zero-order chi connectivity index (χ0) is 23.9. The van der Waals surface area contributed by atoms with Gasteiger partial charge in [0, 0.05) is 18.2 Å². The summed E-state index contributed by atoms with van der Waals surface area (Å²) in [4.78, 5) is 26.7. The molecule has 0 radical (unpaired) electrons. The first kappa shape index (κ1) is 22.5. The zero-order valence-electron chi connectivity index (χ0n) is 16.6. The molecule has 33 heavy (non-hydrogen) atoms. The van der Waals surface area contributed by atoms with Crippen LogP contribution in [-0.2, 0) is 23.9 Å². The molecule has 0 aliphatic carbocycles. The van der Waals surface area contributed by atoms with E-state index in [2.05, 4.69) is 4.99 Å². The fourth-order valence-electron chi connectivity index (χ4n) is 3.53. The molecular weight excluding hydrogens is 464 g/mol. The SMILES string of the molecule is O=C(O)Cn1c(O)c(C(Cc2ccc(F)cc2C(F)(F)F)=c2ccc3c(c2)C=CN=3)sc1=O. The van der Waals surface area contributed by atoms with Crippen molar-refractivity contribution < 1.29 is 32.6 Å². The smallest absolute Gasteiger partial charge is 0.416 e. The van der Waals surface area contributed by atoms with Crippen molar-refractivity contribution in [2.45, 2.75) is 19.1 Å². The van der Waals surface area contributed by atoms with Crippen LogP contribution < -0.4 is 15.4 Å². The summed E-state index contributed by atoms with van der Waals surface area (Å²) in [6, 6.07) is 7.12. The first-order valence-corrected chi connectivity index (χ1v) is 10.2. The van der Waals surface area contributed by atoms with Crippen molar-refractivity contribution >= 4 is 29.0 Å². The normalized spacial score (nSPS) is 13.6. The summed E-state index contributed by atoms with van der Waals surface area (Å²) in [6.45, 7) is -0.815. The third-order valence-corrected chi connectivity index (χ3v) is 6.05. The second-order valence-corrected chi connectivity index (χ2v) is 8.14. The Morgan fingerprint density at radius 1 is 1.15 bits per heavy atom. The largest absolute Gasteiger partial charge is 0.493 e. The number of carbonyl (C=O) groups is 1. The Morgan fingerprint density at radius 3 is 2.61 bits per heavy atom. The second kappa shape index (κ2) is 8.32. The lowest BCUT2D eigenvalue weighted by Crippen LogP contribution is -2.18. The average Bonchev–Trinajstić information content (AvgIpc) is 3.31. The number of fused-ring (bicyclic) bond motifs is 1. The first-order chi connectivity index (χ1) is 15.5. The van der Waals surface area contributed by atoms with E-state index in [0.717, 1.165) is 12.1 Å². The van der Waals surface area contributed by atoms with Crippen LogP contribution in [0.15, 0.2) is 52.4 Å². The quantitative estimate of drug-likeness (QED) is 0.552. The minimum absolute atomic E-state index is 0.0717. The molecule has 4 rings (SSSR count). The van der Waals surface area contributed by atoms with Crippen molar-refractivity contribution in [2.75, 3.05) is 0 Å². The Labute approximate surface area is 186 Å². The number of aliphatic carboxylic acids is 1. The van der Waals surface area contributed by atoms with Crippen LogP contribution in [-0.4, -0.2) is 20.7 Å². The van der Waals surface area contributed by atoms with Crippen LogP contribution in [0.4, 0.5) is 17.6 Å². The minimum Gasteiger partial charge on any atom is -0.493 e. The highest BCUT2D eigenvalue weighted by Crippen LogP contribution is 2.36. The molecular formula is C22H14F4N2O4S. The van der Waals surface area contributed by atoms with Crippen molar-refractivity contribution in [3.63, 3.8) is 0 Å². The van der Waals surface area contributed by atoms with Crippen LogP contribution in [0.2, 0.25) is 0 Å². The van der Waals surface area contributed by atoms with Crippen LogP contribution >= 0.6 is 11.3 Å². The van der Waals surface area contributed by atoms with Crippen molar-refractivity contribution in [2.24, 2.45) is 4.99 Å². The number of hydrogen-bond donors (Lipinski definition) is 2. The molecule has 3 aromatic rings. The molecule has 170 valence electrons. The molecule has 0 unspecified atom stereocenters. The van der Waals surface area contributed by atoms with E-state index in [4.69, 9.17) is 5.11 Å². The van der Waals surface area contributed by atoms with Gasteiger partial charge >= 0.3 is 17.0 Å². The van der Waals surface area contributed by atoms with Crippen molar-refractivity contribution in [1.82, 2.24) is 4.57 Å². The lowest BCUT2D eigenvalue weighted by atomic mass is 9.96. The van der Waals surface area contributed by atoms with Gasteiger partial charge < -0.3 is 10.2 Å². The van der Waals surface area contributed by atoms with Gasteiger partial charge in [-0.25, -0.2) is 4.39 Å². The van der Waals surface area contributed by atoms with E-state index in [-0.39, 0.29) is 16.0 Å². The Hall–Kier alpha value is -3.73. The van der Waals surface area contributed by atoms with Gasteiger partial charge in [-0.1, -0.05) is 23.5 Å². The van der Waals surface area contributed by atoms with Crippen LogP contribution in [0, 0.1) is 5.82 Å². The number of hydrogen-bond acceptors (Lipinski definition) is 5. The van der Waals surface area contributed by atoms with E-state index in [9.17, 15) is 32.3 Å². The number of rotatable bonds is 5. The molecule has 0 atom stereocenters. The van der Waals surface area contributed by atoms with Gasteiger partial charge in [0.1, 0.15) is 12.4 Å². The third-order valence-electron chi connectivity index (χ3n) is 5.02. The molecule has 0 amide bonds. The monoisotopic (exact) mass is 478 g/mol. The van der Waals surface area contributed by atoms with Crippen molar-refractivity contribution in [3.8, 4) is 5.88 Å². The van der Waals surface area contributed by atoms with E-state index in [0.29, 0.717) is 38.1 Å². The molecule has 0 fully saturated rings. The first-order valence-electron chi connectivity index (χ1n) is 9.42. The van der Waals surface area contributed by atoms with Gasteiger partial charge in [0.2, 0.25) is 5.88 Å². The molecule has 2 N–H and O–H groups in total. The maximum absolute atomic E-state index is 13.6. The predicted molar refractivity (Wildman–Crippen MR) is 112 cm³/mol. The molecule has 1 aliphatic heterocycles. The molecule has 0 saturated carbocycles. The minimum atomic E-state index is -4.84. The van der Waals surface area contributed by atoms with Gasteiger partial charge in [0.15, 0.2) is 0 Å². The number of halogens is 4. The van der Waals surface area contributed by atoms with Crippen LogP contribution in [0.25, 0.3) is 11.6 Å². The molecule has 6 nitrogen and oxygen atoms in total. The van der Waals surface area contributed by atoms with Gasteiger partial charge in [0.05, 0.1) is 15.8 Å². The molecule has 0 spiro atoms. The summed E-state index contributed by atoms with van der Waals surface area (Å²) in [5.41, 5.74) is -0.631. The van der Waals surface area contributed by atoms with Gasteiger partial charge in [-0.2, -0.15) is 13.2 Å². The number of aromatic hydroxyl groups is 1. The Kier molecular flexibility index (Phi) is 5.66. The topological polar surface area (TPSA) is 91.9 Å². The van der Waals surface area contributed by atoms with Crippen LogP contribution in [0.3, 0.4) is 0 Å². The fraction of sp³-hybridized carbons (Fsp3) is 0.136. The van der Waals surface area contributed by atoms with Crippen molar-refractivity contribution in [3.05, 3.63) is 90.2 Å². The van der Waals surface area contributed by atoms with Crippen LogP contribution in [0.1, 0.15) is 21.6 Å². The highest BCUT2D eigenvalue weighted by molar-refractivity contribution is 7.10. The molecule has 2 heterocycles. The zero-order valence-corrected chi connectivity index (χ0v) is 17.4. The number of alkyl halides is 3. The maximum atomic E-state index is 13.6. The molecule has 1 aromatic heterocycles. The molecule has 1 aliphatic rings. The average molecular weight is 478 g/mol. The summed E-state index contributed by atoms with van der Waals surface area (Å²) >= 11 is 0.515. The highest BCUT2D eigenvalue weighted by Gasteiger charge is 2.34. The van der Waals surface area contributed by atoms with E-state index in [1.165, 1.54) is 0 Å². The van der Waals surface area contributed by atoms with E-state index in [1.807, 2.05) is 0 Å². The van der Waals surface area contributed by atoms with Crippen LogP contribution in [0.5, 0.6) is 5.88 Å². The molecule has 0 saturated heterocycles. The number of carboxylic acid groups (broad SMARTS) is 1. The number of nitrogens with zero attached hydrogens (tertiary/aromatic N) is 2. The molecule has 11 heteroatoms. The van der Waals surface area contributed by atoms with Gasteiger partial charge in [0.25, 0.3) is 0 Å². The third kappa shape index (κ3) is 4.44. The van der Waals surface area contributed by atoms with E-state index in [1.54, 1.807) is 30.5 Å². The number of thiazole rings is 1.